The van der Waals surface area contributed by atoms with Crippen LogP contribution >= 0.6 is 11.3 Å². The number of benzene rings is 1. The highest BCUT2D eigenvalue weighted by Crippen LogP contribution is 2.28. The molecule has 1 aliphatic rings. The van der Waals surface area contributed by atoms with Crippen molar-refractivity contribution in [2.24, 2.45) is 0 Å². The van der Waals surface area contributed by atoms with Gasteiger partial charge in [-0.05, 0) is 36.6 Å². The van der Waals surface area contributed by atoms with Crippen molar-refractivity contribution < 1.29 is 19.5 Å². The van der Waals surface area contributed by atoms with Crippen molar-refractivity contribution in [2.45, 2.75) is 6.92 Å². The predicted molar refractivity (Wildman–Crippen MR) is 127 cm³/mol. The molecule has 0 atom stereocenters. The second kappa shape index (κ2) is 10.9. The van der Waals surface area contributed by atoms with Gasteiger partial charge in [0.25, 0.3) is 5.91 Å². The maximum absolute atomic E-state index is 12.6. The van der Waals surface area contributed by atoms with Gasteiger partial charge in [0.15, 0.2) is 0 Å². The van der Waals surface area contributed by atoms with Crippen LogP contribution in [0.2, 0.25) is 0 Å². The van der Waals surface area contributed by atoms with Gasteiger partial charge in [-0.25, -0.2) is 5.48 Å². The number of nitrogens with one attached hydrogen (secondary N) is 2. The zero-order valence-electron chi connectivity index (χ0n) is 18.3. The first-order valence-electron chi connectivity index (χ1n) is 10.2. The number of piperazine rings is 1. The molecule has 3 rings (SSSR count). The Hall–Kier alpha value is -3.14. The van der Waals surface area contributed by atoms with Gasteiger partial charge in [-0.2, -0.15) is 0 Å². The molecule has 0 unspecified atom stereocenters. The number of hydrogen-bond donors (Lipinski definition) is 3. The van der Waals surface area contributed by atoms with E-state index in [2.05, 4.69) is 21.7 Å². The highest BCUT2D eigenvalue weighted by Gasteiger charge is 2.21. The van der Waals surface area contributed by atoms with Gasteiger partial charge in [-0.3, -0.25) is 19.7 Å². The lowest BCUT2D eigenvalue weighted by molar-refractivity contribution is -0.117. The molecular weight excluding hydrogens is 428 g/mol. The first kappa shape index (κ1) is 23.5. The number of ether oxygens (including phenoxy) is 1. The smallest absolute Gasteiger partial charge is 0.284 e. The van der Waals surface area contributed by atoms with Crippen LogP contribution < -0.4 is 10.8 Å². The van der Waals surface area contributed by atoms with E-state index in [1.165, 1.54) is 11.3 Å². The number of methoxy groups -OCH3 is 1. The molecule has 0 radical (unpaired) electrons. The summed E-state index contributed by atoms with van der Waals surface area (Å²) in [6, 6.07) is 7.19. The van der Waals surface area contributed by atoms with Crippen LogP contribution in [-0.2, 0) is 9.53 Å². The zero-order valence-corrected chi connectivity index (χ0v) is 19.1. The van der Waals surface area contributed by atoms with Gasteiger partial charge < -0.3 is 15.0 Å². The Bertz CT molecular complexity index is 1050. The molecule has 1 aliphatic heterocycles. The van der Waals surface area contributed by atoms with E-state index in [9.17, 15) is 9.59 Å². The van der Waals surface area contributed by atoms with Crippen LogP contribution in [0, 0.1) is 0 Å². The lowest BCUT2D eigenvalue weighted by atomic mass is 10.2. The topological polar surface area (TPSA) is 94.1 Å². The SMILES string of the molecule is C=C/C=C\C(=C(/C)OC)N1CCN(CC(=O)Nc2ccc3cc(C(=O)NO)sc3c2)CC1. The minimum Gasteiger partial charge on any atom is -0.499 e. The molecule has 0 bridgehead atoms. The molecule has 1 saturated heterocycles. The van der Waals surface area contributed by atoms with Crippen LogP contribution in [0.25, 0.3) is 10.1 Å². The zero-order chi connectivity index (χ0) is 23.1. The Balaban J connectivity index is 1.56. The molecule has 2 aromatic rings. The van der Waals surface area contributed by atoms with E-state index in [1.54, 1.807) is 24.7 Å². The van der Waals surface area contributed by atoms with Crippen LogP contribution in [0.3, 0.4) is 0 Å². The minimum absolute atomic E-state index is 0.0851. The van der Waals surface area contributed by atoms with Crippen molar-refractivity contribution in [3.63, 3.8) is 0 Å². The fraction of sp³-hybridized carbons (Fsp3) is 0.304. The number of nitrogens with zero attached hydrogens (tertiary/aromatic N) is 2. The van der Waals surface area contributed by atoms with Crippen molar-refractivity contribution in [1.29, 1.82) is 0 Å². The van der Waals surface area contributed by atoms with Gasteiger partial charge in [0, 0.05) is 36.6 Å². The number of rotatable bonds is 8. The van der Waals surface area contributed by atoms with Crippen molar-refractivity contribution >= 4 is 38.9 Å². The number of thiophene rings is 1. The maximum Gasteiger partial charge on any atom is 0.284 e. The molecule has 1 aromatic heterocycles. The third-order valence-corrected chi connectivity index (χ3v) is 6.36. The number of hydroxylamine groups is 1. The molecular formula is C23H28N4O4S. The molecule has 2 amide bonds. The van der Waals surface area contributed by atoms with Gasteiger partial charge in [0.2, 0.25) is 5.91 Å². The number of fused-ring (bicyclic) bond motifs is 1. The fourth-order valence-electron chi connectivity index (χ4n) is 3.54. The minimum atomic E-state index is -0.547. The van der Waals surface area contributed by atoms with Crippen molar-refractivity contribution in [2.75, 3.05) is 45.2 Å². The summed E-state index contributed by atoms with van der Waals surface area (Å²) >= 11 is 1.25. The fourth-order valence-corrected chi connectivity index (χ4v) is 4.53. The molecule has 0 saturated carbocycles. The third kappa shape index (κ3) is 5.76. The largest absolute Gasteiger partial charge is 0.499 e. The molecule has 0 aliphatic carbocycles. The monoisotopic (exact) mass is 456 g/mol. The summed E-state index contributed by atoms with van der Waals surface area (Å²) < 4.78 is 6.27. The molecule has 8 nitrogen and oxygen atoms in total. The molecule has 3 N–H and O–H groups in total. The molecule has 1 aromatic carbocycles. The van der Waals surface area contributed by atoms with Gasteiger partial charge in [-0.1, -0.05) is 24.8 Å². The summed E-state index contributed by atoms with van der Waals surface area (Å²) in [5.41, 5.74) is 3.34. The van der Waals surface area contributed by atoms with Crippen LogP contribution in [-0.4, -0.2) is 66.7 Å². The van der Waals surface area contributed by atoms with E-state index in [1.807, 2.05) is 37.3 Å². The van der Waals surface area contributed by atoms with E-state index < -0.39 is 5.91 Å². The quantitative estimate of drug-likeness (QED) is 0.244. The summed E-state index contributed by atoms with van der Waals surface area (Å²) in [4.78, 5) is 28.9. The number of carbonyl (C=O) groups is 2. The summed E-state index contributed by atoms with van der Waals surface area (Å²) in [6.45, 7) is 9.08. The Labute approximate surface area is 191 Å². The predicted octanol–water partition coefficient (Wildman–Crippen LogP) is 3.20. The Morgan fingerprint density at radius 3 is 2.66 bits per heavy atom. The van der Waals surface area contributed by atoms with Gasteiger partial charge in [0.1, 0.15) is 5.76 Å². The standard InChI is InChI=1S/C23H28N4O4S/c1-4-5-6-19(16(2)31-3)27-11-9-26(10-12-27)15-22(28)24-18-8-7-17-13-21(23(29)25-30)32-20(17)14-18/h4-8,13-14,30H,1,9-12,15H2,2-3H3,(H,24,28)(H,25,29)/b6-5-,19-16-. The van der Waals surface area contributed by atoms with Gasteiger partial charge >= 0.3 is 0 Å². The Kier molecular flexibility index (Phi) is 8.04. The van der Waals surface area contributed by atoms with Gasteiger partial charge in [0.05, 0.1) is 24.2 Å². The Morgan fingerprint density at radius 1 is 1.25 bits per heavy atom. The highest BCUT2D eigenvalue weighted by atomic mass is 32.1. The molecule has 32 heavy (non-hydrogen) atoms. The van der Waals surface area contributed by atoms with Crippen LogP contribution in [0.15, 0.2) is 60.5 Å². The van der Waals surface area contributed by atoms with Crippen molar-refractivity contribution in [3.8, 4) is 0 Å². The highest BCUT2D eigenvalue weighted by molar-refractivity contribution is 7.20. The van der Waals surface area contributed by atoms with Gasteiger partial charge in [-0.15, -0.1) is 11.3 Å². The van der Waals surface area contributed by atoms with Crippen LogP contribution in [0.4, 0.5) is 5.69 Å². The second-order valence-electron chi connectivity index (χ2n) is 7.36. The normalized spacial score (nSPS) is 15.5. The summed E-state index contributed by atoms with van der Waals surface area (Å²) in [6.07, 6.45) is 5.62. The molecule has 1 fully saturated rings. The van der Waals surface area contributed by atoms with Crippen LogP contribution in [0.1, 0.15) is 16.6 Å². The molecule has 0 spiro atoms. The number of hydrogen-bond acceptors (Lipinski definition) is 7. The second-order valence-corrected chi connectivity index (χ2v) is 8.44. The molecule has 170 valence electrons. The lowest BCUT2D eigenvalue weighted by Gasteiger charge is -2.36. The molecule has 9 heteroatoms. The van der Waals surface area contributed by atoms with E-state index >= 15 is 0 Å². The summed E-state index contributed by atoms with van der Waals surface area (Å²) in [5, 5.41) is 12.6. The number of amides is 2. The van der Waals surface area contributed by atoms with Crippen molar-refractivity contribution in [1.82, 2.24) is 15.3 Å². The first-order valence-corrected chi connectivity index (χ1v) is 11.1. The summed E-state index contributed by atoms with van der Waals surface area (Å²) in [5.74, 6) is 0.213. The average molecular weight is 457 g/mol. The number of allylic oxidation sites excluding steroid dienone is 4. The van der Waals surface area contributed by atoms with E-state index in [4.69, 9.17) is 9.94 Å². The third-order valence-electron chi connectivity index (χ3n) is 5.27. The van der Waals surface area contributed by atoms with E-state index in [0.717, 1.165) is 47.7 Å². The lowest BCUT2D eigenvalue weighted by Crippen LogP contribution is -2.48. The van der Waals surface area contributed by atoms with E-state index in [0.29, 0.717) is 17.1 Å². The average Bonchev–Trinajstić information content (AvgIpc) is 3.23. The van der Waals surface area contributed by atoms with Crippen LogP contribution in [0.5, 0.6) is 0 Å². The maximum atomic E-state index is 12.6. The van der Waals surface area contributed by atoms with Crippen molar-refractivity contribution in [3.05, 3.63) is 65.4 Å². The Morgan fingerprint density at radius 2 is 2.00 bits per heavy atom. The first-order chi connectivity index (χ1) is 15.4. The number of anilines is 1. The summed E-state index contributed by atoms with van der Waals surface area (Å²) in [7, 11) is 1.66. The molecule has 2 heterocycles. The number of carbonyl (C=O) groups excluding carboxylic acids is 2. The van der Waals surface area contributed by atoms with E-state index in [-0.39, 0.29) is 5.91 Å².